The number of esters is 6. The van der Waals surface area contributed by atoms with Crippen LogP contribution in [0.5, 0.6) is 23.0 Å². The van der Waals surface area contributed by atoms with Crippen LogP contribution in [0.25, 0.3) is 0 Å². The van der Waals surface area contributed by atoms with Gasteiger partial charge in [0.1, 0.15) is 25.3 Å². The largest absolute Gasteiger partial charge is 0.462 e. The third kappa shape index (κ3) is 10.4. The van der Waals surface area contributed by atoms with E-state index < -0.39 is 23.9 Å². The van der Waals surface area contributed by atoms with Crippen molar-refractivity contribution in [2.75, 3.05) is 14.1 Å². The minimum Gasteiger partial charge on any atom is -0.462 e. The zero-order valence-corrected chi connectivity index (χ0v) is 36.0. The van der Waals surface area contributed by atoms with E-state index in [1.54, 1.807) is 52.0 Å². The first-order chi connectivity index (χ1) is 28.7. The molecule has 0 amide bonds. The Hall–Kier alpha value is -4.82. The van der Waals surface area contributed by atoms with E-state index in [4.69, 9.17) is 28.4 Å². The van der Waals surface area contributed by atoms with E-state index in [2.05, 4.69) is 14.1 Å². The number of benzene rings is 2. The highest BCUT2D eigenvalue weighted by molar-refractivity contribution is 5.78. The summed E-state index contributed by atoms with van der Waals surface area (Å²) in [6.45, 7) is 8.19. The average molecular weight is 835 g/mol. The van der Waals surface area contributed by atoms with Gasteiger partial charge in [0.2, 0.25) is 0 Å². The van der Waals surface area contributed by atoms with Crippen molar-refractivity contribution in [2.45, 2.75) is 167 Å². The quantitative estimate of drug-likeness (QED) is 0.0935. The predicted molar refractivity (Wildman–Crippen MR) is 217 cm³/mol. The zero-order chi connectivity index (χ0) is 43.2. The van der Waals surface area contributed by atoms with Gasteiger partial charge >= 0.3 is 35.8 Å². The molecule has 4 bridgehead atoms. The monoisotopic (exact) mass is 834 g/mol. The molecule has 2 aromatic rings. The molecule has 0 aliphatic carbocycles. The van der Waals surface area contributed by atoms with Gasteiger partial charge in [0.05, 0.1) is 51.1 Å². The molecule has 60 heavy (non-hydrogen) atoms. The van der Waals surface area contributed by atoms with Gasteiger partial charge < -0.3 is 37.4 Å². The van der Waals surface area contributed by atoms with Crippen LogP contribution in [-0.2, 0) is 51.3 Å². The summed E-state index contributed by atoms with van der Waals surface area (Å²) in [6, 6.07) is 11.8. The number of nitrogens with zero attached hydrogens (tertiary/aromatic N) is 2. The molecule has 2 aromatic carbocycles. The Kier molecular flexibility index (Phi) is 14.4. The Bertz CT molecular complexity index is 1780. The Balaban J connectivity index is 0.978. The van der Waals surface area contributed by atoms with Gasteiger partial charge in [-0.15, -0.1) is 0 Å². The highest BCUT2D eigenvalue weighted by atomic mass is 16.6. The number of fused-ring (bicyclic) bond motifs is 4. The predicted octanol–water partition coefficient (Wildman–Crippen LogP) is 6.80. The molecule has 14 heteroatoms. The molecule has 6 rings (SSSR count). The molecule has 326 valence electrons. The van der Waals surface area contributed by atoms with Gasteiger partial charge in [-0.25, -0.2) is 0 Å². The Morgan fingerprint density at radius 2 is 0.767 bits per heavy atom. The van der Waals surface area contributed by atoms with E-state index in [0.29, 0.717) is 13.1 Å². The molecule has 4 saturated heterocycles. The standard InChI is InChI=1S/C46H62N2O12/c1-7-41(49)57-37-17-11-29(21-39(37)59-43(51)9-3)27-47(5)31-13-14-32(47)24-35(23-31)55-45(53)19-20-46(54)56-36-25-33-15-16-34(26-36)48(33,6)28-30-12-18-38(58-42(50)8-2)40(22-30)60-44(52)10-4/h11-12,17-18,21-22,31-36H,7-10,13-16,19-20,23-28H2,1-6H3/q+2/t31-,32+,33-,34+,35?,36?,47?,48?. The number of hydrogen-bond acceptors (Lipinski definition) is 12. The van der Waals surface area contributed by atoms with Crippen LogP contribution < -0.4 is 18.9 Å². The van der Waals surface area contributed by atoms with Crippen LogP contribution in [0.1, 0.15) is 129 Å². The molecule has 4 unspecified atom stereocenters. The summed E-state index contributed by atoms with van der Waals surface area (Å²) in [5.74, 6) is -1.51. The molecule has 0 saturated carbocycles. The molecular formula is C46H62N2O12+2. The molecule has 14 nitrogen and oxygen atoms in total. The maximum absolute atomic E-state index is 13.1. The molecule has 0 radical (unpaired) electrons. The molecule has 4 aliphatic heterocycles. The van der Waals surface area contributed by atoms with Gasteiger partial charge in [0, 0.05) is 88.2 Å². The van der Waals surface area contributed by atoms with Gasteiger partial charge in [-0.1, -0.05) is 27.7 Å². The van der Waals surface area contributed by atoms with Gasteiger partial charge in [-0.05, 0) is 36.4 Å². The summed E-state index contributed by atoms with van der Waals surface area (Å²) >= 11 is 0. The van der Waals surface area contributed by atoms with Crippen molar-refractivity contribution in [2.24, 2.45) is 0 Å². The van der Waals surface area contributed by atoms with E-state index in [-0.39, 0.29) is 110 Å². The number of piperidine rings is 2. The van der Waals surface area contributed by atoms with Gasteiger partial charge in [-0.2, -0.15) is 0 Å². The van der Waals surface area contributed by atoms with E-state index >= 15 is 0 Å². The Labute approximate surface area is 352 Å². The smallest absolute Gasteiger partial charge is 0.311 e. The van der Waals surface area contributed by atoms with Crippen molar-refractivity contribution in [3.05, 3.63) is 47.5 Å². The number of quaternary nitrogens is 2. The second-order valence-electron chi connectivity index (χ2n) is 17.3. The van der Waals surface area contributed by atoms with Crippen molar-refractivity contribution in [1.82, 2.24) is 0 Å². The first kappa shape index (κ1) is 44.7. The topological polar surface area (TPSA) is 158 Å². The molecule has 4 fully saturated rings. The van der Waals surface area contributed by atoms with E-state index in [1.165, 1.54) is 0 Å². The molecule has 0 aromatic heterocycles. The summed E-state index contributed by atoms with van der Waals surface area (Å²) in [5, 5.41) is 0. The third-order valence-electron chi connectivity index (χ3n) is 13.4. The SMILES string of the molecule is CCC(=O)Oc1ccc(C[N+]2(C)[C@@H]3CC[C@H]2CC(OC(=O)CCC(=O)OC2C[C@H]4CC[C@@H](C2)[N+]4(C)Cc2ccc(OC(=O)CC)c(OC(=O)CC)c2)C3)cc1OC(=O)CC. The van der Waals surface area contributed by atoms with Crippen molar-refractivity contribution >= 4 is 35.8 Å². The summed E-state index contributed by atoms with van der Waals surface area (Å²) in [5.41, 5.74) is 1.92. The zero-order valence-electron chi connectivity index (χ0n) is 36.0. The van der Waals surface area contributed by atoms with Crippen molar-refractivity contribution in [1.29, 1.82) is 0 Å². The van der Waals surface area contributed by atoms with Crippen molar-refractivity contribution < 1.29 is 66.2 Å². The second-order valence-corrected chi connectivity index (χ2v) is 17.3. The molecular weight excluding hydrogens is 773 g/mol. The Morgan fingerprint density at radius 1 is 0.467 bits per heavy atom. The van der Waals surface area contributed by atoms with Crippen LogP contribution >= 0.6 is 0 Å². The van der Waals surface area contributed by atoms with Crippen LogP contribution in [0.3, 0.4) is 0 Å². The summed E-state index contributed by atoms with van der Waals surface area (Å²) in [7, 11) is 4.46. The highest BCUT2D eigenvalue weighted by Gasteiger charge is 2.54. The number of rotatable bonds is 17. The van der Waals surface area contributed by atoms with Crippen LogP contribution in [-0.4, -0.2) is 95.3 Å². The van der Waals surface area contributed by atoms with E-state index in [9.17, 15) is 28.8 Å². The summed E-state index contributed by atoms with van der Waals surface area (Å²) in [6.07, 6.45) is 7.14. The minimum atomic E-state index is -0.413. The maximum atomic E-state index is 13.1. The lowest BCUT2D eigenvalue weighted by atomic mass is 9.95. The second kappa shape index (κ2) is 19.3. The fraction of sp³-hybridized carbons (Fsp3) is 0.609. The average Bonchev–Trinajstić information content (AvgIpc) is 3.44. The first-order valence-electron chi connectivity index (χ1n) is 21.8. The summed E-state index contributed by atoms with van der Waals surface area (Å²) in [4.78, 5) is 74.5. The lowest BCUT2D eigenvalue weighted by Crippen LogP contribution is -2.58. The normalized spacial score (nSPS) is 27.7. The lowest BCUT2D eigenvalue weighted by Gasteiger charge is -2.47. The van der Waals surface area contributed by atoms with Crippen LogP contribution in [0.15, 0.2) is 36.4 Å². The number of carbonyl (C=O) groups excluding carboxylic acids is 6. The van der Waals surface area contributed by atoms with Crippen molar-refractivity contribution in [3.63, 3.8) is 0 Å². The fourth-order valence-corrected chi connectivity index (χ4v) is 9.98. The van der Waals surface area contributed by atoms with Crippen LogP contribution in [0.4, 0.5) is 0 Å². The fourth-order valence-electron chi connectivity index (χ4n) is 9.98. The molecule has 0 spiro atoms. The molecule has 4 heterocycles. The number of hydrogen-bond donors (Lipinski definition) is 0. The van der Waals surface area contributed by atoms with Gasteiger partial charge in [0.25, 0.3) is 0 Å². The van der Waals surface area contributed by atoms with Crippen LogP contribution in [0, 0.1) is 0 Å². The highest BCUT2D eigenvalue weighted by Crippen LogP contribution is 2.46. The number of ether oxygens (including phenoxy) is 6. The first-order valence-corrected chi connectivity index (χ1v) is 21.8. The van der Waals surface area contributed by atoms with Gasteiger partial charge in [-0.3, -0.25) is 28.8 Å². The number of carbonyl (C=O) groups is 6. The van der Waals surface area contributed by atoms with Crippen LogP contribution in [0.2, 0.25) is 0 Å². The van der Waals surface area contributed by atoms with Gasteiger partial charge in [0.15, 0.2) is 23.0 Å². The molecule has 4 aliphatic rings. The Morgan fingerprint density at radius 3 is 1.07 bits per heavy atom. The maximum Gasteiger partial charge on any atom is 0.311 e. The van der Waals surface area contributed by atoms with Crippen molar-refractivity contribution in [3.8, 4) is 23.0 Å². The third-order valence-corrected chi connectivity index (χ3v) is 13.4. The lowest BCUT2D eigenvalue weighted by molar-refractivity contribution is -0.961. The van der Waals surface area contributed by atoms with E-state index in [1.807, 2.05) is 12.1 Å². The molecule has 0 N–H and O–H groups in total. The summed E-state index contributed by atoms with van der Waals surface area (Å²) < 4.78 is 35.4. The minimum absolute atomic E-state index is 0.0349. The molecule has 8 atom stereocenters. The van der Waals surface area contributed by atoms with E-state index in [0.717, 1.165) is 71.5 Å².